The lowest BCUT2D eigenvalue weighted by Gasteiger charge is -2.08. The first kappa shape index (κ1) is 11.7. The minimum atomic E-state index is -0.630. The van der Waals surface area contributed by atoms with E-state index in [0.717, 1.165) is 17.8 Å². The lowest BCUT2D eigenvalue weighted by molar-refractivity contribution is -0.142. The van der Waals surface area contributed by atoms with Crippen molar-refractivity contribution in [1.29, 1.82) is 0 Å². The fraction of sp³-hybridized carbons (Fsp3) is 0.455. The van der Waals surface area contributed by atoms with Crippen LogP contribution in [0.3, 0.4) is 0 Å². The Bertz CT molecular complexity index is 339. The Kier molecular flexibility index (Phi) is 4.24. The molecule has 0 aliphatic carbocycles. The highest BCUT2D eigenvalue weighted by atomic mass is 16.5. The molecule has 0 bridgehead atoms. The predicted octanol–water partition coefficient (Wildman–Crippen LogP) is 0.687. The topological polar surface area (TPSA) is 65.2 Å². The molecule has 1 atom stereocenters. The Morgan fingerprint density at radius 2 is 2.20 bits per heavy atom. The third kappa shape index (κ3) is 3.32. The van der Waals surface area contributed by atoms with E-state index in [0.29, 0.717) is 6.42 Å². The van der Waals surface area contributed by atoms with Crippen molar-refractivity contribution in [2.24, 2.45) is 5.73 Å². The monoisotopic (exact) mass is 208 g/mol. The number of hydrogen-bond acceptors (Lipinski definition) is 4. The van der Waals surface area contributed by atoms with Crippen LogP contribution in [-0.4, -0.2) is 24.1 Å². The number of pyridine rings is 1. The summed E-state index contributed by atoms with van der Waals surface area (Å²) in [5, 5.41) is 0. The van der Waals surface area contributed by atoms with Crippen molar-refractivity contribution >= 4 is 5.97 Å². The zero-order valence-corrected chi connectivity index (χ0v) is 9.06. The van der Waals surface area contributed by atoms with Crippen LogP contribution in [-0.2, 0) is 22.4 Å². The van der Waals surface area contributed by atoms with E-state index in [-0.39, 0.29) is 0 Å². The summed E-state index contributed by atoms with van der Waals surface area (Å²) in [4.78, 5) is 15.5. The largest absolute Gasteiger partial charge is 0.468 e. The number of carbonyl (C=O) groups excluding carboxylic acids is 1. The third-order valence-corrected chi connectivity index (χ3v) is 2.16. The smallest absolute Gasteiger partial charge is 0.323 e. The molecule has 1 unspecified atom stereocenters. The molecule has 0 aromatic carbocycles. The molecule has 0 aliphatic heterocycles. The van der Waals surface area contributed by atoms with Gasteiger partial charge in [0.05, 0.1) is 7.11 Å². The van der Waals surface area contributed by atoms with E-state index in [1.54, 1.807) is 0 Å². The summed E-state index contributed by atoms with van der Waals surface area (Å²) in [5.41, 5.74) is 7.47. The molecular weight excluding hydrogens is 192 g/mol. The molecule has 0 saturated heterocycles. The number of hydrogen-bond donors (Lipinski definition) is 1. The van der Waals surface area contributed by atoms with E-state index in [2.05, 4.69) is 9.72 Å². The molecule has 2 N–H and O–H groups in total. The molecule has 0 amide bonds. The average Bonchev–Trinajstić information content (AvgIpc) is 2.28. The Balaban J connectivity index is 2.67. The number of carbonyl (C=O) groups is 1. The average molecular weight is 208 g/mol. The molecule has 4 heteroatoms. The number of nitrogens with two attached hydrogens (primary N) is 1. The zero-order chi connectivity index (χ0) is 11.3. The zero-order valence-electron chi connectivity index (χ0n) is 9.06. The Morgan fingerprint density at radius 3 is 2.80 bits per heavy atom. The molecule has 1 aromatic heterocycles. The fourth-order valence-corrected chi connectivity index (χ4v) is 1.30. The summed E-state index contributed by atoms with van der Waals surface area (Å²) in [6, 6.07) is 5.11. The van der Waals surface area contributed by atoms with Crippen LogP contribution in [0.2, 0.25) is 0 Å². The quantitative estimate of drug-likeness (QED) is 0.739. The van der Waals surface area contributed by atoms with Gasteiger partial charge in [0.1, 0.15) is 6.04 Å². The third-order valence-electron chi connectivity index (χ3n) is 2.16. The molecule has 15 heavy (non-hydrogen) atoms. The lowest BCUT2D eigenvalue weighted by Crippen LogP contribution is -2.33. The molecule has 0 aliphatic rings. The van der Waals surface area contributed by atoms with Crippen molar-refractivity contribution in [1.82, 2.24) is 4.98 Å². The van der Waals surface area contributed by atoms with Gasteiger partial charge in [0, 0.05) is 17.8 Å². The SMILES string of the molecule is CCc1cccc(CC(N)C(=O)OC)n1. The van der Waals surface area contributed by atoms with Crippen LogP contribution in [0.4, 0.5) is 0 Å². The predicted molar refractivity (Wildman–Crippen MR) is 57.3 cm³/mol. The van der Waals surface area contributed by atoms with Gasteiger partial charge in [0.2, 0.25) is 0 Å². The highest BCUT2D eigenvalue weighted by molar-refractivity contribution is 5.75. The molecule has 0 spiro atoms. The Hall–Kier alpha value is -1.42. The first-order valence-electron chi connectivity index (χ1n) is 4.95. The number of methoxy groups -OCH3 is 1. The highest BCUT2D eigenvalue weighted by Crippen LogP contribution is 2.03. The molecule has 1 rings (SSSR count). The van der Waals surface area contributed by atoms with Gasteiger partial charge in [-0.15, -0.1) is 0 Å². The van der Waals surface area contributed by atoms with Crippen molar-refractivity contribution in [2.45, 2.75) is 25.8 Å². The highest BCUT2D eigenvalue weighted by Gasteiger charge is 2.14. The maximum Gasteiger partial charge on any atom is 0.323 e. The van der Waals surface area contributed by atoms with Crippen LogP contribution in [0.1, 0.15) is 18.3 Å². The van der Waals surface area contributed by atoms with Crippen LogP contribution in [0.15, 0.2) is 18.2 Å². The summed E-state index contributed by atoms with van der Waals surface area (Å²) in [6.07, 6.45) is 1.29. The maximum absolute atomic E-state index is 11.1. The van der Waals surface area contributed by atoms with Crippen molar-refractivity contribution in [3.63, 3.8) is 0 Å². The van der Waals surface area contributed by atoms with Crippen molar-refractivity contribution < 1.29 is 9.53 Å². The molecule has 4 nitrogen and oxygen atoms in total. The number of nitrogens with zero attached hydrogens (tertiary/aromatic N) is 1. The van der Waals surface area contributed by atoms with Crippen molar-refractivity contribution in [3.05, 3.63) is 29.6 Å². The van der Waals surface area contributed by atoms with E-state index >= 15 is 0 Å². The van der Waals surface area contributed by atoms with E-state index in [4.69, 9.17) is 5.73 Å². The van der Waals surface area contributed by atoms with Crippen molar-refractivity contribution in [3.8, 4) is 0 Å². The Morgan fingerprint density at radius 1 is 1.53 bits per heavy atom. The molecular formula is C11H16N2O2. The summed E-state index contributed by atoms with van der Waals surface area (Å²) in [6.45, 7) is 2.03. The number of rotatable bonds is 4. The molecule has 82 valence electrons. The lowest BCUT2D eigenvalue weighted by atomic mass is 10.1. The number of aryl methyl sites for hydroxylation is 1. The van der Waals surface area contributed by atoms with Gasteiger partial charge in [-0.3, -0.25) is 9.78 Å². The molecule has 1 heterocycles. The minimum Gasteiger partial charge on any atom is -0.468 e. The van der Waals surface area contributed by atoms with E-state index in [9.17, 15) is 4.79 Å². The van der Waals surface area contributed by atoms with Crippen LogP contribution in [0.25, 0.3) is 0 Å². The standard InChI is InChI=1S/C11H16N2O2/c1-3-8-5-4-6-9(13-8)7-10(12)11(14)15-2/h4-6,10H,3,7,12H2,1-2H3. The minimum absolute atomic E-state index is 0.404. The van der Waals surface area contributed by atoms with Crippen LogP contribution in [0.5, 0.6) is 0 Å². The van der Waals surface area contributed by atoms with Gasteiger partial charge < -0.3 is 10.5 Å². The van der Waals surface area contributed by atoms with Crippen molar-refractivity contribution in [2.75, 3.05) is 7.11 Å². The van der Waals surface area contributed by atoms with Crippen LogP contribution in [0, 0.1) is 0 Å². The molecule has 0 radical (unpaired) electrons. The number of ether oxygens (including phenoxy) is 1. The van der Waals surface area contributed by atoms with Gasteiger partial charge in [-0.2, -0.15) is 0 Å². The number of aromatic nitrogens is 1. The van der Waals surface area contributed by atoms with Crippen LogP contribution < -0.4 is 5.73 Å². The van der Waals surface area contributed by atoms with E-state index in [1.807, 2.05) is 25.1 Å². The van der Waals surface area contributed by atoms with Gasteiger partial charge in [-0.05, 0) is 18.6 Å². The maximum atomic E-state index is 11.1. The van der Waals surface area contributed by atoms with Crippen LogP contribution >= 0.6 is 0 Å². The van der Waals surface area contributed by atoms with Gasteiger partial charge >= 0.3 is 5.97 Å². The summed E-state index contributed by atoms with van der Waals surface area (Å²) in [5.74, 6) is -0.404. The molecule has 0 fully saturated rings. The summed E-state index contributed by atoms with van der Waals surface area (Å²) < 4.78 is 4.55. The van der Waals surface area contributed by atoms with E-state index < -0.39 is 12.0 Å². The normalized spacial score (nSPS) is 12.2. The summed E-state index contributed by atoms with van der Waals surface area (Å²) >= 11 is 0. The fourth-order valence-electron chi connectivity index (χ4n) is 1.30. The second-order valence-electron chi connectivity index (χ2n) is 3.31. The second kappa shape index (κ2) is 5.46. The molecule has 1 aromatic rings. The van der Waals surface area contributed by atoms with Gasteiger partial charge in [-0.1, -0.05) is 13.0 Å². The van der Waals surface area contributed by atoms with E-state index in [1.165, 1.54) is 7.11 Å². The summed E-state index contributed by atoms with van der Waals surface area (Å²) in [7, 11) is 1.33. The first-order valence-corrected chi connectivity index (χ1v) is 4.95. The Labute approximate surface area is 89.5 Å². The van der Waals surface area contributed by atoms with Gasteiger partial charge in [0.15, 0.2) is 0 Å². The van der Waals surface area contributed by atoms with Gasteiger partial charge in [-0.25, -0.2) is 0 Å². The molecule has 0 saturated carbocycles. The van der Waals surface area contributed by atoms with Gasteiger partial charge in [0.25, 0.3) is 0 Å². The second-order valence-corrected chi connectivity index (χ2v) is 3.31. The number of esters is 1. The first-order chi connectivity index (χ1) is 7.17.